The first-order valence-corrected chi connectivity index (χ1v) is 8.22. The molecule has 1 unspecified atom stereocenters. The van der Waals surface area contributed by atoms with Crippen molar-refractivity contribution in [1.29, 1.82) is 0 Å². The second kappa shape index (κ2) is 3.78. The Morgan fingerprint density at radius 2 is 1.65 bits per heavy atom. The SMILES string of the molecule is Cc1cc(C)c(N2C(C)C34CCC2(CC3)CC4)c(C)n1. The third kappa shape index (κ3) is 1.38. The molecule has 0 amide bonds. The first kappa shape index (κ1) is 12.7. The summed E-state index contributed by atoms with van der Waals surface area (Å²) in [6.07, 6.45) is 8.60. The van der Waals surface area contributed by atoms with Crippen LogP contribution in [0.5, 0.6) is 0 Å². The zero-order valence-electron chi connectivity index (χ0n) is 13.3. The maximum atomic E-state index is 4.76. The molecular formula is C18H26N2. The summed E-state index contributed by atoms with van der Waals surface area (Å²) in [6, 6.07) is 2.96. The highest BCUT2D eigenvalue weighted by Crippen LogP contribution is 2.64. The first-order chi connectivity index (χ1) is 9.47. The number of pyridine rings is 1. The second-order valence-corrected chi connectivity index (χ2v) is 7.65. The summed E-state index contributed by atoms with van der Waals surface area (Å²) in [6.45, 7) is 9.06. The van der Waals surface area contributed by atoms with Gasteiger partial charge in [0.15, 0.2) is 0 Å². The fourth-order valence-corrected chi connectivity index (χ4v) is 5.68. The van der Waals surface area contributed by atoms with Crippen LogP contribution in [-0.4, -0.2) is 16.6 Å². The van der Waals surface area contributed by atoms with Crippen LogP contribution in [0.15, 0.2) is 6.07 Å². The molecule has 6 fully saturated rings. The van der Waals surface area contributed by atoms with E-state index in [0.717, 1.165) is 5.69 Å². The van der Waals surface area contributed by atoms with Crippen molar-refractivity contribution in [2.75, 3.05) is 4.90 Å². The summed E-state index contributed by atoms with van der Waals surface area (Å²) < 4.78 is 0. The predicted molar refractivity (Wildman–Crippen MR) is 83.3 cm³/mol. The summed E-state index contributed by atoms with van der Waals surface area (Å²) in [5, 5.41) is 0. The number of aryl methyl sites for hydroxylation is 3. The quantitative estimate of drug-likeness (QED) is 0.756. The van der Waals surface area contributed by atoms with E-state index in [0.29, 0.717) is 17.0 Å². The van der Waals surface area contributed by atoms with Crippen molar-refractivity contribution in [3.05, 3.63) is 23.0 Å². The summed E-state index contributed by atoms with van der Waals surface area (Å²) >= 11 is 0. The van der Waals surface area contributed by atoms with Crippen molar-refractivity contribution < 1.29 is 0 Å². The Balaban J connectivity index is 1.88. The van der Waals surface area contributed by atoms with Gasteiger partial charge in [-0.15, -0.1) is 0 Å². The fourth-order valence-electron chi connectivity index (χ4n) is 5.68. The van der Waals surface area contributed by atoms with Crippen LogP contribution < -0.4 is 4.90 Å². The van der Waals surface area contributed by atoms with E-state index in [2.05, 4.69) is 38.7 Å². The maximum Gasteiger partial charge on any atom is 0.0619 e. The Bertz CT molecular complexity index is 527. The van der Waals surface area contributed by atoms with E-state index in [1.54, 1.807) is 0 Å². The predicted octanol–water partition coefficient (Wildman–Crippen LogP) is 4.31. The largest absolute Gasteiger partial charge is 0.361 e. The molecule has 2 nitrogen and oxygen atoms in total. The van der Waals surface area contributed by atoms with Gasteiger partial charge in [-0.3, -0.25) is 4.98 Å². The standard InChI is InChI=1S/C18H26N2/c1-12-11-13(2)19-14(3)16(12)20-15(4)17-5-8-18(20,9-6-17)10-7-17/h11,15H,5-10H2,1-4H3. The van der Waals surface area contributed by atoms with Gasteiger partial charge in [0.2, 0.25) is 0 Å². The van der Waals surface area contributed by atoms with Gasteiger partial charge in [0.25, 0.3) is 0 Å². The number of aromatic nitrogens is 1. The van der Waals surface area contributed by atoms with E-state index in [1.165, 1.54) is 55.5 Å². The van der Waals surface area contributed by atoms with Crippen molar-refractivity contribution in [2.45, 2.75) is 77.8 Å². The molecule has 20 heavy (non-hydrogen) atoms. The zero-order valence-corrected chi connectivity index (χ0v) is 13.3. The van der Waals surface area contributed by atoms with Crippen LogP contribution in [0.1, 0.15) is 62.4 Å². The number of hydrogen-bond acceptors (Lipinski definition) is 2. The van der Waals surface area contributed by atoms with Crippen LogP contribution in [0.25, 0.3) is 0 Å². The highest BCUT2D eigenvalue weighted by atomic mass is 15.3. The molecule has 2 heteroatoms. The minimum atomic E-state index is 0.450. The summed E-state index contributed by atoms with van der Waals surface area (Å²) in [4.78, 5) is 7.57. The zero-order chi connectivity index (χ0) is 14.1. The highest BCUT2D eigenvalue weighted by Gasteiger charge is 2.62. The summed E-state index contributed by atoms with van der Waals surface area (Å²) in [5.41, 5.74) is 6.31. The number of anilines is 1. The molecule has 3 aliphatic heterocycles. The first-order valence-electron chi connectivity index (χ1n) is 8.22. The molecule has 2 bridgehead atoms. The number of hydrogen-bond donors (Lipinski definition) is 0. The van der Waals surface area contributed by atoms with Gasteiger partial charge < -0.3 is 4.90 Å². The molecule has 4 heterocycles. The van der Waals surface area contributed by atoms with Crippen molar-refractivity contribution in [3.8, 4) is 0 Å². The minimum absolute atomic E-state index is 0.450. The molecule has 1 aromatic rings. The van der Waals surface area contributed by atoms with E-state index in [4.69, 9.17) is 4.98 Å². The Kier molecular flexibility index (Phi) is 2.39. The van der Waals surface area contributed by atoms with Crippen LogP contribution in [0.2, 0.25) is 0 Å². The second-order valence-electron chi connectivity index (χ2n) is 7.65. The van der Waals surface area contributed by atoms with Gasteiger partial charge in [-0.25, -0.2) is 0 Å². The molecule has 1 aromatic heterocycles. The number of nitrogens with zero attached hydrogens (tertiary/aromatic N) is 2. The van der Waals surface area contributed by atoms with Gasteiger partial charge in [0.05, 0.1) is 11.4 Å². The Labute approximate surface area is 122 Å². The summed E-state index contributed by atoms with van der Waals surface area (Å²) in [7, 11) is 0. The van der Waals surface area contributed by atoms with Gasteiger partial charge in [0, 0.05) is 17.3 Å². The van der Waals surface area contributed by atoms with E-state index < -0.39 is 0 Å². The van der Waals surface area contributed by atoms with E-state index in [1.807, 2.05) is 0 Å². The monoisotopic (exact) mass is 270 g/mol. The van der Waals surface area contributed by atoms with Gasteiger partial charge in [-0.2, -0.15) is 0 Å². The molecule has 7 rings (SSSR count). The molecule has 108 valence electrons. The number of piperidine rings is 3. The topological polar surface area (TPSA) is 16.1 Å². The van der Waals surface area contributed by atoms with E-state index >= 15 is 0 Å². The van der Waals surface area contributed by atoms with Gasteiger partial charge in [-0.1, -0.05) is 0 Å². The molecule has 0 radical (unpaired) electrons. The lowest BCUT2D eigenvalue weighted by Crippen LogP contribution is -2.71. The van der Waals surface area contributed by atoms with Gasteiger partial charge in [0.1, 0.15) is 0 Å². The van der Waals surface area contributed by atoms with E-state index in [-0.39, 0.29) is 0 Å². The van der Waals surface area contributed by atoms with Crippen LogP contribution in [-0.2, 0) is 0 Å². The average molecular weight is 270 g/mol. The molecule has 3 saturated heterocycles. The molecule has 3 saturated carbocycles. The Hall–Kier alpha value is -1.05. The third-order valence-corrected chi connectivity index (χ3v) is 6.78. The fraction of sp³-hybridized carbons (Fsp3) is 0.722. The molecular weight excluding hydrogens is 244 g/mol. The molecule has 0 spiro atoms. The van der Waals surface area contributed by atoms with Crippen molar-refractivity contribution in [1.82, 2.24) is 4.98 Å². The third-order valence-electron chi connectivity index (χ3n) is 6.78. The van der Waals surface area contributed by atoms with Crippen molar-refractivity contribution in [3.63, 3.8) is 0 Å². The smallest absolute Gasteiger partial charge is 0.0619 e. The summed E-state index contributed by atoms with van der Waals surface area (Å²) in [5.74, 6) is 0. The Morgan fingerprint density at radius 1 is 1.05 bits per heavy atom. The van der Waals surface area contributed by atoms with Crippen LogP contribution in [0, 0.1) is 26.2 Å². The lowest BCUT2D eigenvalue weighted by Gasteiger charge is -2.70. The average Bonchev–Trinajstić information content (AvgIpc) is 2.42. The van der Waals surface area contributed by atoms with Gasteiger partial charge in [-0.05, 0) is 83.3 Å². The van der Waals surface area contributed by atoms with Crippen LogP contribution >= 0.6 is 0 Å². The lowest BCUT2D eigenvalue weighted by atomic mass is 9.49. The molecule has 0 aromatic carbocycles. The lowest BCUT2D eigenvalue weighted by molar-refractivity contribution is -0.0449. The van der Waals surface area contributed by atoms with Gasteiger partial charge >= 0.3 is 0 Å². The Morgan fingerprint density at radius 3 is 2.15 bits per heavy atom. The molecule has 0 N–H and O–H groups in total. The van der Waals surface area contributed by atoms with Crippen molar-refractivity contribution >= 4 is 5.69 Å². The van der Waals surface area contributed by atoms with E-state index in [9.17, 15) is 0 Å². The normalized spacial score (nSPS) is 38.6. The molecule has 1 atom stereocenters. The van der Waals surface area contributed by atoms with Crippen LogP contribution in [0.3, 0.4) is 0 Å². The molecule has 6 aliphatic rings. The number of rotatable bonds is 1. The van der Waals surface area contributed by atoms with Crippen molar-refractivity contribution in [2.24, 2.45) is 5.41 Å². The maximum absolute atomic E-state index is 4.76. The van der Waals surface area contributed by atoms with Crippen LogP contribution in [0.4, 0.5) is 5.69 Å². The minimum Gasteiger partial charge on any atom is -0.361 e. The molecule has 3 aliphatic carbocycles. The highest BCUT2D eigenvalue weighted by molar-refractivity contribution is 5.62.